The van der Waals surface area contributed by atoms with Crippen LogP contribution in [0.4, 0.5) is 5.69 Å². The Morgan fingerprint density at radius 3 is 2.62 bits per heavy atom. The summed E-state index contributed by atoms with van der Waals surface area (Å²) in [5, 5.41) is 5.59. The summed E-state index contributed by atoms with van der Waals surface area (Å²) in [6, 6.07) is 14.7. The Hall–Kier alpha value is -2.92. The van der Waals surface area contributed by atoms with Crippen LogP contribution < -0.4 is 10.6 Å². The molecule has 1 aliphatic heterocycles. The topological polar surface area (TPSA) is 61.4 Å². The Kier molecular flexibility index (Phi) is 7.19. The monoisotopic (exact) mass is 391 g/mol. The summed E-state index contributed by atoms with van der Waals surface area (Å²) in [4.78, 5) is 27.4. The maximum Gasteiger partial charge on any atom is 0.255 e. The van der Waals surface area contributed by atoms with Crippen LogP contribution in [0.5, 0.6) is 0 Å². The highest BCUT2D eigenvalue weighted by Gasteiger charge is 2.17. The number of nitrogens with zero attached hydrogens (tertiary/aromatic N) is 1. The fourth-order valence-corrected chi connectivity index (χ4v) is 3.69. The van der Waals surface area contributed by atoms with Gasteiger partial charge in [-0.25, -0.2) is 0 Å². The Morgan fingerprint density at radius 2 is 1.90 bits per heavy atom. The number of anilines is 1. The molecular weight excluding hydrogens is 362 g/mol. The molecule has 1 atom stereocenters. The van der Waals surface area contributed by atoms with Crippen molar-refractivity contribution in [2.75, 3.05) is 25.0 Å². The van der Waals surface area contributed by atoms with E-state index in [4.69, 9.17) is 0 Å². The summed E-state index contributed by atoms with van der Waals surface area (Å²) in [5.74, 6) is 0.275. The van der Waals surface area contributed by atoms with E-state index in [1.165, 1.54) is 18.4 Å². The van der Waals surface area contributed by atoms with Gasteiger partial charge in [0.1, 0.15) is 0 Å². The number of carbonyl (C=O) groups is 2. The number of likely N-dealkylation sites (tertiary alicyclic amines) is 1. The number of amides is 2. The first-order valence-electron chi connectivity index (χ1n) is 10.2. The van der Waals surface area contributed by atoms with Gasteiger partial charge in [-0.2, -0.15) is 0 Å². The van der Waals surface area contributed by atoms with Gasteiger partial charge < -0.3 is 10.6 Å². The van der Waals surface area contributed by atoms with Crippen molar-refractivity contribution in [3.05, 3.63) is 77.9 Å². The molecule has 152 valence electrons. The van der Waals surface area contributed by atoms with Gasteiger partial charge in [0, 0.05) is 25.2 Å². The SMILES string of the molecule is C=CCNC(=O)c1ccccc1NC(=O)c1ccc(CN2CCC[C@@H](C)C2)cc1. The number of rotatable bonds is 7. The fraction of sp³-hybridized carbons (Fsp3) is 0.333. The van der Waals surface area contributed by atoms with Crippen molar-refractivity contribution in [1.29, 1.82) is 0 Å². The molecule has 2 amide bonds. The third-order valence-corrected chi connectivity index (χ3v) is 5.19. The number of hydrogen-bond donors (Lipinski definition) is 2. The van der Waals surface area contributed by atoms with Crippen LogP contribution in [0.3, 0.4) is 0 Å². The zero-order valence-corrected chi connectivity index (χ0v) is 17.0. The van der Waals surface area contributed by atoms with E-state index < -0.39 is 0 Å². The van der Waals surface area contributed by atoms with Crippen LogP contribution in [-0.4, -0.2) is 36.3 Å². The van der Waals surface area contributed by atoms with Crippen molar-refractivity contribution in [2.24, 2.45) is 5.92 Å². The van der Waals surface area contributed by atoms with Gasteiger partial charge in [-0.05, 0) is 55.1 Å². The number of hydrogen-bond acceptors (Lipinski definition) is 3. The molecule has 5 heteroatoms. The first-order valence-corrected chi connectivity index (χ1v) is 10.2. The molecule has 0 bridgehead atoms. The first kappa shape index (κ1) is 20.8. The summed E-state index contributed by atoms with van der Waals surface area (Å²) in [6.45, 7) is 9.45. The maximum absolute atomic E-state index is 12.7. The molecule has 1 fully saturated rings. The molecular formula is C24H29N3O2. The van der Waals surface area contributed by atoms with Crippen LogP contribution in [0, 0.1) is 5.92 Å². The number of piperidine rings is 1. The van der Waals surface area contributed by atoms with E-state index in [2.05, 4.69) is 29.0 Å². The Bertz CT molecular complexity index is 861. The second kappa shape index (κ2) is 10.0. The highest BCUT2D eigenvalue weighted by Crippen LogP contribution is 2.19. The number of nitrogens with one attached hydrogen (secondary N) is 2. The highest BCUT2D eigenvalue weighted by atomic mass is 16.2. The lowest BCUT2D eigenvalue weighted by Gasteiger charge is -2.30. The van der Waals surface area contributed by atoms with Gasteiger partial charge in [-0.3, -0.25) is 14.5 Å². The van der Waals surface area contributed by atoms with Crippen molar-refractivity contribution >= 4 is 17.5 Å². The summed E-state index contributed by atoms with van der Waals surface area (Å²) < 4.78 is 0. The zero-order valence-electron chi connectivity index (χ0n) is 17.0. The molecule has 0 aliphatic carbocycles. The second-order valence-electron chi connectivity index (χ2n) is 7.68. The van der Waals surface area contributed by atoms with Gasteiger partial charge in [0.05, 0.1) is 11.3 Å². The minimum absolute atomic E-state index is 0.230. The van der Waals surface area contributed by atoms with E-state index in [-0.39, 0.29) is 11.8 Å². The van der Waals surface area contributed by atoms with Gasteiger partial charge in [0.15, 0.2) is 0 Å². The fourth-order valence-electron chi connectivity index (χ4n) is 3.69. The summed E-state index contributed by atoms with van der Waals surface area (Å²) in [6.07, 6.45) is 4.18. The van der Waals surface area contributed by atoms with E-state index >= 15 is 0 Å². The molecule has 0 radical (unpaired) electrons. The zero-order chi connectivity index (χ0) is 20.6. The largest absolute Gasteiger partial charge is 0.349 e. The second-order valence-corrected chi connectivity index (χ2v) is 7.68. The summed E-state index contributed by atoms with van der Waals surface area (Å²) >= 11 is 0. The van der Waals surface area contributed by atoms with Crippen LogP contribution in [-0.2, 0) is 6.54 Å². The predicted octanol–water partition coefficient (Wildman–Crippen LogP) is 4.09. The van der Waals surface area contributed by atoms with Crippen molar-refractivity contribution < 1.29 is 9.59 Å². The smallest absolute Gasteiger partial charge is 0.255 e. The number of carbonyl (C=O) groups excluding carboxylic acids is 2. The Labute approximate surface area is 172 Å². The average molecular weight is 392 g/mol. The van der Waals surface area contributed by atoms with Crippen molar-refractivity contribution in [2.45, 2.75) is 26.3 Å². The molecule has 0 aromatic heterocycles. The van der Waals surface area contributed by atoms with Gasteiger partial charge in [0.2, 0.25) is 0 Å². The normalized spacial score (nSPS) is 16.8. The summed E-state index contributed by atoms with van der Waals surface area (Å²) in [7, 11) is 0. The molecule has 0 unspecified atom stereocenters. The summed E-state index contributed by atoms with van der Waals surface area (Å²) in [5.41, 5.74) is 2.70. The molecule has 3 rings (SSSR count). The molecule has 1 heterocycles. The molecule has 2 aromatic rings. The molecule has 1 aliphatic rings. The molecule has 0 spiro atoms. The highest BCUT2D eigenvalue weighted by molar-refractivity contribution is 6.09. The van der Waals surface area contributed by atoms with Crippen molar-refractivity contribution in [1.82, 2.24) is 10.2 Å². The van der Waals surface area contributed by atoms with Crippen LogP contribution in [0.2, 0.25) is 0 Å². The van der Waals surface area contributed by atoms with Crippen LogP contribution in [0.1, 0.15) is 46.0 Å². The molecule has 2 aromatic carbocycles. The average Bonchev–Trinajstić information content (AvgIpc) is 2.73. The quantitative estimate of drug-likeness (QED) is 0.699. The first-order chi connectivity index (χ1) is 14.1. The number of benzene rings is 2. The Morgan fingerprint density at radius 1 is 1.14 bits per heavy atom. The molecule has 2 N–H and O–H groups in total. The molecule has 1 saturated heterocycles. The standard InChI is InChI=1S/C24H29N3O2/c1-3-14-25-24(29)21-8-4-5-9-22(21)26-23(28)20-12-10-19(11-13-20)17-27-15-6-7-18(2)16-27/h3-5,8-13,18H,1,6-7,14-17H2,2H3,(H,25,29)(H,26,28)/t18-/m1/s1. The van der Waals surface area contributed by atoms with E-state index in [0.29, 0.717) is 23.4 Å². The number of para-hydroxylation sites is 1. The van der Waals surface area contributed by atoms with Gasteiger partial charge in [0.25, 0.3) is 11.8 Å². The molecule has 5 nitrogen and oxygen atoms in total. The van der Waals surface area contributed by atoms with E-state index in [9.17, 15) is 9.59 Å². The van der Waals surface area contributed by atoms with Crippen LogP contribution in [0.15, 0.2) is 61.2 Å². The van der Waals surface area contributed by atoms with Crippen LogP contribution in [0.25, 0.3) is 0 Å². The van der Waals surface area contributed by atoms with E-state index in [1.807, 2.05) is 24.3 Å². The minimum atomic E-state index is -0.244. The van der Waals surface area contributed by atoms with Crippen molar-refractivity contribution in [3.8, 4) is 0 Å². The molecule has 29 heavy (non-hydrogen) atoms. The third kappa shape index (κ3) is 5.78. The lowest BCUT2D eigenvalue weighted by molar-refractivity contribution is 0.0959. The van der Waals surface area contributed by atoms with E-state index in [1.54, 1.807) is 30.3 Å². The van der Waals surface area contributed by atoms with Gasteiger partial charge in [-0.15, -0.1) is 6.58 Å². The lowest BCUT2D eigenvalue weighted by Crippen LogP contribution is -2.33. The van der Waals surface area contributed by atoms with Crippen molar-refractivity contribution in [3.63, 3.8) is 0 Å². The van der Waals surface area contributed by atoms with E-state index in [0.717, 1.165) is 25.6 Å². The predicted molar refractivity (Wildman–Crippen MR) is 117 cm³/mol. The maximum atomic E-state index is 12.7. The lowest BCUT2D eigenvalue weighted by atomic mass is 9.99. The Balaban J connectivity index is 1.64. The van der Waals surface area contributed by atoms with Gasteiger partial charge >= 0.3 is 0 Å². The third-order valence-electron chi connectivity index (χ3n) is 5.19. The van der Waals surface area contributed by atoms with Gasteiger partial charge in [-0.1, -0.05) is 37.3 Å². The minimum Gasteiger partial charge on any atom is -0.349 e. The molecule has 0 saturated carbocycles. The van der Waals surface area contributed by atoms with Crippen LogP contribution >= 0.6 is 0 Å².